The summed E-state index contributed by atoms with van der Waals surface area (Å²) in [5, 5.41) is 0. The Bertz CT molecular complexity index is 402. The van der Waals surface area contributed by atoms with E-state index in [4.69, 9.17) is 28.4 Å². The smallest absolute Gasteiger partial charge is 0.187 e. The molecule has 0 aromatic rings. The second kappa shape index (κ2) is 12.0. The van der Waals surface area contributed by atoms with E-state index in [1.165, 1.54) is 0 Å². The lowest BCUT2D eigenvalue weighted by Crippen LogP contribution is -2.47. The molecule has 0 aromatic heterocycles. The summed E-state index contributed by atoms with van der Waals surface area (Å²) in [4.78, 5) is 0. The molecular formula is C20H40O6S. The highest BCUT2D eigenvalue weighted by molar-refractivity contribution is 7.80. The van der Waals surface area contributed by atoms with Gasteiger partial charge in [0.15, 0.2) is 6.29 Å². The van der Waals surface area contributed by atoms with Crippen LogP contribution in [0.2, 0.25) is 0 Å². The third kappa shape index (κ3) is 8.98. The molecule has 6 nitrogen and oxygen atoms in total. The first-order chi connectivity index (χ1) is 12.5. The topological polar surface area (TPSA) is 55.4 Å². The first-order valence-electron chi connectivity index (χ1n) is 10.1. The Morgan fingerprint density at radius 2 is 1.33 bits per heavy atom. The predicted molar refractivity (Wildman–Crippen MR) is 109 cm³/mol. The molecule has 0 saturated carbocycles. The van der Waals surface area contributed by atoms with E-state index in [0.717, 1.165) is 0 Å². The number of ether oxygens (including phenoxy) is 6. The quantitative estimate of drug-likeness (QED) is 0.391. The van der Waals surface area contributed by atoms with Crippen LogP contribution >= 0.6 is 12.6 Å². The summed E-state index contributed by atoms with van der Waals surface area (Å²) in [7, 11) is 0. The summed E-state index contributed by atoms with van der Waals surface area (Å²) < 4.78 is 36.5. The third-order valence-electron chi connectivity index (χ3n) is 3.80. The van der Waals surface area contributed by atoms with Crippen molar-refractivity contribution >= 4 is 12.6 Å². The molecule has 1 aliphatic heterocycles. The van der Waals surface area contributed by atoms with Crippen molar-refractivity contribution in [1.29, 1.82) is 0 Å². The fourth-order valence-electron chi connectivity index (χ4n) is 3.02. The summed E-state index contributed by atoms with van der Waals surface area (Å²) in [6.45, 7) is 18.2. The monoisotopic (exact) mass is 408 g/mol. The summed E-state index contributed by atoms with van der Waals surface area (Å²) >= 11 is 4.40. The Balaban J connectivity index is 3.11. The van der Waals surface area contributed by atoms with Crippen molar-refractivity contribution < 1.29 is 28.4 Å². The molecule has 1 heterocycles. The highest BCUT2D eigenvalue weighted by Crippen LogP contribution is 2.33. The lowest BCUT2D eigenvalue weighted by Gasteiger charge is -2.32. The first kappa shape index (κ1) is 25.1. The zero-order valence-electron chi connectivity index (χ0n) is 18.4. The third-order valence-corrected chi connectivity index (χ3v) is 3.93. The molecule has 1 aliphatic rings. The number of hydrogen-bond acceptors (Lipinski definition) is 7. The molecule has 0 amide bonds. The van der Waals surface area contributed by atoms with Gasteiger partial charge in [-0.05, 0) is 62.3 Å². The molecule has 6 atom stereocenters. The van der Waals surface area contributed by atoms with E-state index >= 15 is 0 Å². The van der Waals surface area contributed by atoms with Crippen molar-refractivity contribution in [2.45, 2.75) is 123 Å². The van der Waals surface area contributed by atoms with Crippen molar-refractivity contribution in [2.75, 3.05) is 6.61 Å². The van der Waals surface area contributed by atoms with E-state index in [0.29, 0.717) is 6.61 Å². The largest absolute Gasteiger partial charge is 0.376 e. The maximum Gasteiger partial charge on any atom is 0.187 e. The zero-order valence-corrected chi connectivity index (χ0v) is 19.3. The molecule has 0 N–H and O–H groups in total. The minimum atomic E-state index is -0.550. The highest BCUT2D eigenvalue weighted by atomic mass is 32.1. The van der Waals surface area contributed by atoms with Crippen LogP contribution < -0.4 is 0 Å². The van der Waals surface area contributed by atoms with Crippen molar-refractivity contribution in [3.05, 3.63) is 0 Å². The predicted octanol–water partition coefficient (Wildman–Crippen LogP) is 3.81. The fourth-order valence-corrected chi connectivity index (χ4v) is 3.16. The van der Waals surface area contributed by atoms with E-state index in [-0.39, 0.29) is 48.2 Å². The molecule has 27 heavy (non-hydrogen) atoms. The van der Waals surface area contributed by atoms with Crippen LogP contribution in [-0.2, 0) is 28.4 Å². The Labute approximate surface area is 171 Å². The van der Waals surface area contributed by atoms with Gasteiger partial charge in [0.2, 0.25) is 0 Å². The van der Waals surface area contributed by atoms with Crippen LogP contribution in [-0.4, -0.2) is 67.2 Å². The fraction of sp³-hybridized carbons (Fsp3) is 1.00. The van der Waals surface area contributed by atoms with Crippen LogP contribution in [0, 0.1) is 0 Å². The second-order valence-corrected chi connectivity index (χ2v) is 8.84. The Morgan fingerprint density at radius 1 is 0.741 bits per heavy atom. The maximum atomic E-state index is 6.28. The number of rotatable bonds is 12. The minimum Gasteiger partial charge on any atom is -0.376 e. The van der Waals surface area contributed by atoms with Crippen molar-refractivity contribution in [3.63, 3.8) is 0 Å². The second-order valence-electron chi connectivity index (χ2n) is 8.11. The summed E-state index contributed by atoms with van der Waals surface area (Å²) in [5.41, 5.74) is -0.273. The average Bonchev–Trinajstić information content (AvgIpc) is 2.79. The van der Waals surface area contributed by atoms with Crippen molar-refractivity contribution in [2.24, 2.45) is 0 Å². The Kier molecular flexibility index (Phi) is 11.1. The van der Waals surface area contributed by atoms with Gasteiger partial charge in [0, 0.05) is 0 Å². The van der Waals surface area contributed by atoms with Crippen LogP contribution in [0.25, 0.3) is 0 Å². The standard InChI is InChI=1S/C20H40O6S/c1-11(2)21-10-16(22-12(3)4)17-18(23-13(5)6)19(25-15(9)27)20(26-17)24-14(7)8/h11-20,27H,10H2,1-9H3/t15?,16-,17-,18+,19+,20+/m1/s1. The van der Waals surface area contributed by atoms with Crippen LogP contribution in [0.4, 0.5) is 0 Å². The summed E-state index contributed by atoms with van der Waals surface area (Å²) in [6.07, 6.45) is -1.83. The van der Waals surface area contributed by atoms with E-state index in [2.05, 4.69) is 12.6 Å². The minimum absolute atomic E-state index is 0.00550. The summed E-state index contributed by atoms with van der Waals surface area (Å²) in [5.74, 6) is 0. The van der Waals surface area contributed by atoms with E-state index in [1.807, 2.05) is 62.3 Å². The molecule has 1 rings (SSSR count). The van der Waals surface area contributed by atoms with Crippen LogP contribution in [0.3, 0.4) is 0 Å². The highest BCUT2D eigenvalue weighted by Gasteiger charge is 2.51. The SMILES string of the molecule is CC(C)OC[C@@H](OC(C)C)[C@H]1O[C@H](OC(C)C)[C@@H](OC(C)S)[C@H]1OC(C)C. The van der Waals surface area contributed by atoms with Gasteiger partial charge in [0.1, 0.15) is 24.4 Å². The van der Waals surface area contributed by atoms with Gasteiger partial charge in [-0.15, -0.1) is 12.6 Å². The zero-order chi connectivity index (χ0) is 20.7. The Morgan fingerprint density at radius 3 is 1.78 bits per heavy atom. The van der Waals surface area contributed by atoms with Gasteiger partial charge in [-0.3, -0.25) is 0 Å². The van der Waals surface area contributed by atoms with Gasteiger partial charge in [-0.25, -0.2) is 0 Å². The average molecular weight is 409 g/mol. The molecule has 1 unspecified atom stereocenters. The molecule has 1 fully saturated rings. The molecule has 1 saturated heterocycles. The van der Waals surface area contributed by atoms with Crippen LogP contribution in [0.5, 0.6) is 0 Å². The van der Waals surface area contributed by atoms with E-state index in [1.54, 1.807) is 0 Å². The lowest BCUT2D eigenvalue weighted by atomic mass is 10.0. The van der Waals surface area contributed by atoms with Gasteiger partial charge < -0.3 is 28.4 Å². The normalized spacial score (nSPS) is 28.7. The maximum absolute atomic E-state index is 6.28. The summed E-state index contributed by atoms with van der Waals surface area (Å²) in [6, 6.07) is 0. The molecule has 0 aliphatic carbocycles. The van der Waals surface area contributed by atoms with E-state index in [9.17, 15) is 0 Å². The Hall–Kier alpha value is 0.110. The van der Waals surface area contributed by atoms with Gasteiger partial charge in [0.25, 0.3) is 0 Å². The van der Waals surface area contributed by atoms with Gasteiger partial charge in [-0.1, -0.05) is 0 Å². The number of thiol groups is 1. The number of hydrogen-bond donors (Lipinski definition) is 1. The molecule has 162 valence electrons. The lowest BCUT2D eigenvalue weighted by molar-refractivity contribution is -0.213. The molecule has 0 spiro atoms. The molecule has 0 bridgehead atoms. The molecular weight excluding hydrogens is 368 g/mol. The van der Waals surface area contributed by atoms with Crippen LogP contribution in [0.1, 0.15) is 62.3 Å². The van der Waals surface area contributed by atoms with Gasteiger partial charge in [0.05, 0.1) is 36.5 Å². The molecule has 7 heteroatoms. The molecule has 0 aromatic carbocycles. The van der Waals surface area contributed by atoms with Crippen molar-refractivity contribution in [3.8, 4) is 0 Å². The van der Waals surface area contributed by atoms with Crippen LogP contribution in [0.15, 0.2) is 0 Å². The van der Waals surface area contributed by atoms with E-state index < -0.39 is 12.4 Å². The molecule has 0 radical (unpaired) electrons. The first-order valence-corrected chi connectivity index (χ1v) is 10.6. The van der Waals surface area contributed by atoms with Crippen molar-refractivity contribution in [1.82, 2.24) is 0 Å². The van der Waals surface area contributed by atoms with Gasteiger partial charge >= 0.3 is 0 Å². The van der Waals surface area contributed by atoms with Gasteiger partial charge in [-0.2, -0.15) is 0 Å².